The van der Waals surface area contributed by atoms with E-state index in [1.165, 1.54) is 0 Å². The molecular formula is C13H16N4OS. The number of carbonyl (C=O) groups is 1. The summed E-state index contributed by atoms with van der Waals surface area (Å²) in [5, 5.41) is 3.06. The van der Waals surface area contributed by atoms with Crippen molar-refractivity contribution >= 4 is 33.3 Å². The Hall–Kier alpha value is -1.69. The van der Waals surface area contributed by atoms with E-state index >= 15 is 0 Å². The van der Waals surface area contributed by atoms with Crippen molar-refractivity contribution in [1.29, 1.82) is 0 Å². The predicted molar refractivity (Wildman–Crippen MR) is 76.5 cm³/mol. The number of thiophene rings is 1. The first-order valence-electron chi connectivity index (χ1n) is 6.34. The summed E-state index contributed by atoms with van der Waals surface area (Å²) in [5.74, 6) is 1.04. The molecule has 1 amide bonds. The minimum atomic E-state index is -0.0898. The number of anilines is 1. The lowest BCUT2D eigenvalue weighted by molar-refractivity contribution is -0.129. The molecule has 3 rings (SSSR count). The van der Waals surface area contributed by atoms with E-state index in [0.717, 1.165) is 35.4 Å². The van der Waals surface area contributed by atoms with E-state index < -0.39 is 0 Å². The van der Waals surface area contributed by atoms with Crippen LogP contribution in [-0.4, -0.2) is 47.5 Å². The Morgan fingerprint density at radius 2 is 2.32 bits per heavy atom. The molecule has 0 aromatic carbocycles. The quantitative estimate of drug-likeness (QED) is 0.838. The van der Waals surface area contributed by atoms with E-state index in [-0.39, 0.29) is 11.9 Å². The van der Waals surface area contributed by atoms with Gasteiger partial charge in [-0.15, -0.1) is 11.3 Å². The van der Waals surface area contributed by atoms with Crippen LogP contribution in [0.5, 0.6) is 0 Å². The van der Waals surface area contributed by atoms with Gasteiger partial charge in [0.05, 0.1) is 5.39 Å². The highest BCUT2D eigenvalue weighted by Gasteiger charge is 2.33. The molecule has 1 aliphatic rings. The molecule has 3 heterocycles. The highest BCUT2D eigenvalue weighted by atomic mass is 32.1. The van der Waals surface area contributed by atoms with Gasteiger partial charge in [-0.1, -0.05) is 0 Å². The molecule has 5 nitrogen and oxygen atoms in total. The summed E-state index contributed by atoms with van der Waals surface area (Å²) >= 11 is 1.60. The fourth-order valence-corrected chi connectivity index (χ4v) is 3.31. The van der Waals surface area contributed by atoms with Crippen molar-refractivity contribution in [3.8, 4) is 0 Å². The number of nitrogens with zero attached hydrogens (tertiary/aromatic N) is 4. The zero-order chi connectivity index (χ0) is 13.4. The van der Waals surface area contributed by atoms with E-state index in [2.05, 4.69) is 14.9 Å². The SMILES string of the molecule is CN(C)C(=O)C1CCCN1c1ncnc2sccc12. The molecule has 0 saturated carbocycles. The summed E-state index contributed by atoms with van der Waals surface area (Å²) < 4.78 is 0. The molecule has 2 aromatic heterocycles. The predicted octanol–water partition coefficient (Wildman–Crippen LogP) is 1.75. The van der Waals surface area contributed by atoms with Crippen LogP contribution >= 0.6 is 11.3 Å². The molecule has 2 aromatic rings. The zero-order valence-electron chi connectivity index (χ0n) is 11.0. The molecular weight excluding hydrogens is 260 g/mol. The minimum absolute atomic E-state index is 0.0898. The van der Waals surface area contributed by atoms with E-state index in [0.29, 0.717) is 0 Å². The highest BCUT2D eigenvalue weighted by molar-refractivity contribution is 7.16. The number of carbonyl (C=O) groups excluding carboxylic acids is 1. The second kappa shape index (κ2) is 4.77. The Morgan fingerprint density at radius 1 is 1.47 bits per heavy atom. The van der Waals surface area contributed by atoms with Gasteiger partial charge in [0.2, 0.25) is 5.91 Å². The number of amides is 1. The van der Waals surface area contributed by atoms with Gasteiger partial charge in [-0.25, -0.2) is 9.97 Å². The van der Waals surface area contributed by atoms with Crippen LogP contribution in [0.2, 0.25) is 0 Å². The fraction of sp³-hybridized carbons (Fsp3) is 0.462. The number of fused-ring (bicyclic) bond motifs is 1. The Kier molecular flexibility index (Phi) is 3.10. The molecule has 19 heavy (non-hydrogen) atoms. The Bertz CT molecular complexity index is 609. The van der Waals surface area contributed by atoms with Crippen LogP contribution in [0, 0.1) is 0 Å². The van der Waals surface area contributed by atoms with Gasteiger partial charge in [0.1, 0.15) is 23.0 Å². The maximum absolute atomic E-state index is 12.2. The summed E-state index contributed by atoms with van der Waals surface area (Å²) in [5.41, 5.74) is 0. The van der Waals surface area contributed by atoms with Crippen LogP contribution < -0.4 is 4.90 Å². The molecule has 0 bridgehead atoms. The van der Waals surface area contributed by atoms with Crippen LogP contribution in [0.1, 0.15) is 12.8 Å². The van der Waals surface area contributed by atoms with Crippen molar-refractivity contribution in [2.45, 2.75) is 18.9 Å². The molecule has 1 atom stereocenters. The molecule has 0 radical (unpaired) electrons. The van der Waals surface area contributed by atoms with Gasteiger partial charge in [0.25, 0.3) is 0 Å². The van der Waals surface area contributed by atoms with Crippen LogP contribution in [0.15, 0.2) is 17.8 Å². The fourth-order valence-electron chi connectivity index (χ4n) is 2.58. The molecule has 0 aliphatic carbocycles. The normalized spacial score (nSPS) is 19.1. The number of rotatable bonds is 2. The second-order valence-corrected chi connectivity index (χ2v) is 5.82. The van der Waals surface area contributed by atoms with Crippen molar-refractivity contribution in [2.24, 2.45) is 0 Å². The number of hydrogen-bond donors (Lipinski definition) is 0. The lowest BCUT2D eigenvalue weighted by atomic mass is 10.2. The number of hydrogen-bond acceptors (Lipinski definition) is 5. The van der Waals surface area contributed by atoms with Gasteiger partial charge >= 0.3 is 0 Å². The molecule has 1 saturated heterocycles. The summed E-state index contributed by atoms with van der Waals surface area (Å²) in [6.45, 7) is 0.881. The molecule has 1 aliphatic heterocycles. The third kappa shape index (κ3) is 2.06. The Labute approximate surface area is 115 Å². The van der Waals surface area contributed by atoms with Gasteiger partial charge < -0.3 is 9.80 Å². The van der Waals surface area contributed by atoms with Crippen molar-refractivity contribution in [3.63, 3.8) is 0 Å². The zero-order valence-corrected chi connectivity index (χ0v) is 11.9. The Balaban J connectivity index is 2.01. The lowest BCUT2D eigenvalue weighted by Crippen LogP contribution is -2.43. The average Bonchev–Trinajstić information content (AvgIpc) is 3.05. The molecule has 1 unspecified atom stereocenters. The lowest BCUT2D eigenvalue weighted by Gasteiger charge is -2.27. The molecule has 100 valence electrons. The average molecular weight is 276 g/mol. The number of aromatic nitrogens is 2. The van der Waals surface area contributed by atoms with Gasteiger partial charge in [-0.2, -0.15) is 0 Å². The molecule has 1 fully saturated rings. The van der Waals surface area contributed by atoms with Crippen LogP contribution in [0.3, 0.4) is 0 Å². The Morgan fingerprint density at radius 3 is 3.11 bits per heavy atom. The molecule has 0 spiro atoms. The van der Waals surface area contributed by atoms with Gasteiger partial charge in [0, 0.05) is 20.6 Å². The minimum Gasteiger partial charge on any atom is -0.347 e. The maximum atomic E-state index is 12.2. The van der Waals surface area contributed by atoms with Crippen molar-refractivity contribution < 1.29 is 4.79 Å². The molecule has 0 N–H and O–H groups in total. The van der Waals surface area contributed by atoms with E-state index in [9.17, 15) is 4.79 Å². The van der Waals surface area contributed by atoms with Crippen molar-refractivity contribution in [1.82, 2.24) is 14.9 Å². The van der Waals surface area contributed by atoms with Crippen LogP contribution in [-0.2, 0) is 4.79 Å². The van der Waals surface area contributed by atoms with Crippen LogP contribution in [0.25, 0.3) is 10.2 Å². The second-order valence-electron chi connectivity index (χ2n) is 4.92. The summed E-state index contributed by atoms with van der Waals surface area (Å²) in [7, 11) is 3.61. The number of likely N-dealkylation sites (N-methyl/N-ethyl adjacent to an activating group) is 1. The van der Waals surface area contributed by atoms with Crippen molar-refractivity contribution in [2.75, 3.05) is 25.5 Å². The van der Waals surface area contributed by atoms with Gasteiger partial charge in [0.15, 0.2) is 0 Å². The first-order chi connectivity index (χ1) is 9.18. The topological polar surface area (TPSA) is 49.3 Å². The monoisotopic (exact) mass is 276 g/mol. The van der Waals surface area contributed by atoms with E-state index in [4.69, 9.17) is 0 Å². The van der Waals surface area contributed by atoms with Gasteiger partial charge in [-0.3, -0.25) is 4.79 Å². The first-order valence-corrected chi connectivity index (χ1v) is 7.22. The first kappa shape index (κ1) is 12.3. The highest BCUT2D eigenvalue weighted by Crippen LogP contribution is 2.31. The van der Waals surface area contributed by atoms with Crippen molar-refractivity contribution in [3.05, 3.63) is 17.8 Å². The largest absolute Gasteiger partial charge is 0.347 e. The molecule has 6 heteroatoms. The smallest absolute Gasteiger partial charge is 0.244 e. The summed E-state index contributed by atoms with van der Waals surface area (Å²) in [4.78, 5) is 25.7. The third-order valence-corrected chi connectivity index (χ3v) is 4.31. The maximum Gasteiger partial charge on any atom is 0.244 e. The van der Waals surface area contributed by atoms with Crippen LogP contribution in [0.4, 0.5) is 5.82 Å². The summed E-state index contributed by atoms with van der Waals surface area (Å²) in [6.07, 6.45) is 3.51. The standard InChI is InChI=1S/C13H16N4OS/c1-16(2)13(18)10-4-3-6-17(10)11-9-5-7-19-12(9)15-8-14-11/h5,7-8,10H,3-4,6H2,1-2H3. The van der Waals surface area contributed by atoms with E-state index in [1.54, 1.807) is 36.7 Å². The van der Waals surface area contributed by atoms with E-state index in [1.807, 2.05) is 11.4 Å². The van der Waals surface area contributed by atoms with Gasteiger partial charge in [-0.05, 0) is 24.3 Å². The third-order valence-electron chi connectivity index (χ3n) is 3.49. The summed E-state index contributed by atoms with van der Waals surface area (Å²) in [6, 6.07) is 1.94.